The van der Waals surface area contributed by atoms with Crippen molar-refractivity contribution in [3.05, 3.63) is 53.9 Å². The molecule has 1 fully saturated rings. The highest BCUT2D eigenvalue weighted by atomic mass is 32.1. The van der Waals surface area contributed by atoms with Gasteiger partial charge in [0.15, 0.2) is 4.96 Å². The molecule has 0 spiro atoms. The summed E-state index contributed by atoms with van der Waals surface area (Å²) in [4.78, 5) is 14.7. The predicted octanol–water partition coefficient (Wildman–Crippen LogP) is 3.43. The van der Waals surface area contributed by atoms with Crippen molar-refractivity contribution in [1.82, 2.24) is 24.7 Å². The number of hydrogen-bond donors (Lipinski definition) is 2. The Morgan fingerprint density at radius 2 is 2.07 bits per heavy atom. The molecule has 1 aliphatic heterocycles. The van der Waals surface area contributed by atoms with Gasteiger partial charge in [-0.1, -0.05) is 0 Å². The highest BCUT2D eigenvalue weighted by Gasteiger charge is 2.20. The third-order valence-electron chi connectivity index (χ3n) is 4.67. The van der Waals surface area contributed by atoms with Crippen LogP contribution < -0.4 is 10.6 Å². The fourth-order valence-corrected chi connectivity index (χ4v) is 4.07. The van der Waals surface area contributed by atoms with Crippen LogP contribution in [0.15, 0.2) is 48.1 Å². The van der Waals surface area contributed by atoms with Crippen molar-refractivity contribution in [3.8, 4) is 22.6 Å². The summed E-state index contributed by atoms with van der Waals surface area (Å²) in [6.45, 7) is 1.92. The molecule has 1 atom stereocenters. The van der Waals surface area contributed by atoms with Crippen LogP contribution in [0.5, 0.6) is 0 Å². The Morgan fingerprint density at radius 1 is 1.19 bits per heavy atom. The summed E-state index contributed by atoms with van der Waals surface area (Å²) in [5.41, 5.74) is 3.31. The first-order valence-electron chi connectivity index (χ1n) is 8.80. The van der Waals surface area contributed by atoms with Crippen LogP contribution in [0.1, 0.15) is 6.42 Å². The number of halogens is 1. The third kappa shape index (κ3) is 3.07. The maximum Gasteiger partial charge on any atom is 0.223 e. The summed E-state index contributed by atoms with van der Waals surface area (Å²) in [6.07, 6.45) is 4.79. The van der Waals surface area contributed by atoms with E-state index in [1.54, 1.807) is 29.7 Å². The molecule has 4 heterocycles. The molecule has 0 radical (unpaired) electrons. The minimum atomic E-state index is -0.264. The Labute approximate surface area is 159 Å². The Hall–Kier alpha value is -2.84. The molecular weight excluding hydrogens is 363 g/mol. The highest BCUT2D eigenvalue weighted by molar-refractivity contribution is 7.15. The number of nitrogens with one attached hydrogen (secondary N) is 2. The van der Waals surface area contributed by atoms with Gasteiger partial charge in [-0.3, -0.25) is 4.40 Å². The normalized spacial score (nSPS) is 16.9. The van der Waals surface area contributed by atoms with Crippen LogP contribution in [0.25, 0.3) is 27.6 Å². The number of anilines is 1. The molecule has 0 bridgehead atoms. The number of aromatic nitrogens is 4. The number of rotatable bonds is 4. The monoisotopic (exact) mass is 380 g/mol. The van der Waals surface area contributed by atoms with Gasteiger partial charge in [-0.25, -0.2) is 19.3 Å². The largest absolute Gasteiger partial charge is 0.350 e. The van der Waals surface area contributed by atoms with E-state index < -0.39 is 0 Å². The standard InChI is InChI=1S/C19H17FN6S/c20-13-3-1-12(2-4-13)16-17(26-9-10-27-19(26)25-16)15-6-8-22-18(24-15)23-14-5-7-21-11-14/h1-4,6,8-10,14,21H,5,7,11H2,(H,22,23,24). The molecule has 6 nitrogen and oxygen atoms in total. The van der Waals surface area contributed by atoms with Gasteiger partial charge in [0.25, 0.3) is 0 Å². The van der Waals surface area contributed by atoms with E-state index in [1.807, 2.05) is 22.0 Å². The van der Waals surface area contributed by atoms with Crippen LogP contribution in [0.3, 0.4) is 0 Å². The molecule has 3 aromatic heterocycles. The van der Waals surface area contributed by atoms with Gasteiger partial charge in [0.1, 0.15) is 11.5 Å². The van der Waals surface area contributed by atoms with Gasteiger partial charge in [0.2, 0.25) is 5.95 Å². The zero-order chi connectivity index (χ0) is 18.2. The summed E-state index contributed by atoms with van der Waals surface area (Å²) in [5, 5.41) is 8.71. The predicted molar refractivity (Wildman–Crippen MR) is 104 cm³/mol. The van der Waals surface area contributed by atoms with Gasteiger partial charge >= 0.3 is 0 Å². The van der Waals surface area contributed by atoms with Crippen LogP contribution in [-0.4, -0.2) is 38.5 Å². The maximum atomic E-state index is 13.4. The summed E-state index contributed by atoms with van der Waals surface area (Å²) >= 11 is 1.56. The van der Waals surface area contributed by atoms with E-state index in [4.69, 9.17) is 9.97 Å². The summed E-state index contributed by atoms with van der Waals surface area (Å²) in [5.74, 6) is 0.344. The number of fused-ring (bicyclic) bond motifs is 1. The zero-order valence-corrected chi connectivity index (χ0v) is 15.2. The maximum absolute atomic E-state index is 13.4. The fourth-order valence-electron chi connectivity index (χ4n) is 3.36. The molecule has 136 valence electrons. The van der Waals surface area contributed by atoms with Crippen molar-refractivity contribution in [2.24, 2.45) is 0 Å². The Morgan fingerprint density at radius 3 is 2.89 bits per heavy atom. The van der Waals surface area contributed by atoms with Gasteiger partial charge in [-0.2, -0.15) is 0 Å². The van der Waals surface area contributed by atoms with E-state index in [9.17, 15) is 4.39 Å². The van der Waals surface area contributed by atoms with E-state index in [0.29, 0.717) is 12.0 Å². The molecule has 0 amide bonds. The molecule has 0 saturated carbocycles. The number of hydrogen-bond acceptors (Lipinski definition) is 6. The van der Waals surface area contributed by atoms with Crippen LogP contribution in [0.2, 0.25) is 0 Å². The van der Waals surface area contributed by atoms with Gasteiger partial charge in [-0.15, -0.1) is 11.3 Å². The van der Waals surface area contributed by atoms with Gasteiger partial charge in [0.05, 0.1) is 11.4 Å². The zero-order valence-electron chi connectivity index (χ0n) is 14.4. The molecule has 0 aliphatic carbocycles. The van der Waals surface area contributed by atoms with Crippen LogP contribution in [-0.2, 0) is 0 Å². The van der Waals surface area contributed by atoms with E-state index in [0.717, 1.165) is 47.1 Å². The summed E-state index contributed by atoms with van der Waals surface area (Å²) in [6, 6.07) is 8.61. The first-order chi connectivity index (χ1) is 13.3. The second kappa shape index (κ2) is 6.71. The molecule has 1 saturated heterocycles. The Bertz CT molecular complexity index is 1080. The minimum absolute atomic E-state index is 0.264. The summed E-state index contributed by atoms with van der Waals surface area (Å²) in [7, 11) is 0. The number of imidazole rings is 1. The van der Waals surface area contributed by atoms with Crippen molar-refractivity contribution >= 4 is 22.2 Å². The molecule has 4 aromatic rings. The van der Waals surface area contributed by atoms with Crippen LogP contribution in [0.4, 0.5) is 10.3 Å². The highest BCUT2D eigenvalue weighted by Crippen LogP contribution is 2.33. The Kier molecular flexibility index (Phi) is 4.06. The molecule has 8 heteroatoms. The van der Waals surface area contributed by atoms with Crippen molar-refractivity contribution in [2.45, 2.75) is 12.5 Å². The van der Waals surface area contributed by atoms with E-state index in [1.165, 1.54) is 12.1 Å². The molecule has 1 aromatic carbocycles. The van der Waals surface area contributed by atoms with E-state index in [-0.39, 0.29) is 5.82 Å². The molecule has 5 rings (SSSR count). The van der Waals surface area contributed by atoms with Crippen molar-refractivity contribution in [3.63, 3.8) is 0 Å². The quantitative estimate of drug-likeness (QED) is 0.568. The third-order valence-corrected chi connectivity index (χ3v) is 5.43. The molecule has 2 N–H and O–H groups in total. The van der Waals surface area contributed by atoms with E-state index in [2.05, 4.69) is 15.6 Å². The first-order valence-corrected chi connectivity index (χ1v) is 9.68. The van der Waals surface area contributed by atoms with Gasteiger partial charge in [0, 0.05) is 35.9 Å². The van der Waals surface area contributed by atoms with Crippen LogP contribution >= 0.6 is 11.3 Å². The van der Waals surface area contributed by atoms with Crippen molar-refractivity contribution in [1.29, 1.82) is 0 Å². The van der Waals surface area contributed by atoms with Crippen molar-refractivity contribution in [2.75, 3.05) is 18.4 Å². The average Bonchev–Trinajstić information content (AvgIpc) is 3.39. The van der Waals surface area contributed by atoms with Crippen molar-refractivity contribution < 1.29 is 4.39 Å². The number of thiazole rings is 1. The lowest BCUT2D eigenvalue weighted by molar-refractivity contribution is 0.628. The second-order valence-electron chi connectivity index (χ2n) is 6.47. The molecular formula is C19H17FN6S. The topological polar surface area (TPSA) is 67.1 Å². The van der Waals surface area contributed by atoms with Gasteiger partial charge < -0.3 is 10.6 Å². The first kappa shape index (κ1) is 16.3. The molecule has 1 aliphatic rings. The minimum Gasteiger partial charge on any atom is -0.350 e. The van der Waals surface area contributed by atoms with Gasteiger partial charge in [-0.05, 0) is 43.3 Å². The second-order valence-corrected chi connectivity index (χ2v) is 7.34. The molecule has 1 unspecified atom stereocenters. The lowest BCUT2D eigenvalue weighted by atomic mass is 10.1. The van der Waals surface area contributed by atoms with Crippen LogP contribution in [0, 0.1) is 5.82 Å². The molecule has 27 heavy (non-hydrogen) atoms. The number of benzene rings is 1. The Balaban J connectivity index is 1.60. The SMILES string of the molecule is Fc1ccc(-c2nc3sccn3c2-c2ccnc(NC3CCNC3)n2)cc1. The lowest BCUT2D eigenvalue weighted by Gasteiger charge is -2.12. The summed E-state index contributed by atoms with van der Waals surface area (Å²) < 4.78 is 15.4. The van der Waals surface area contributed by atoms with E-state index >= 15 is 0 Å². The average molecular weight is 380 g/mol. The lowest BCUT2D eigenvalue weighted by Crippen LogP contribution is -2.23. The number of nitrogens with zero attached hydrogens (tertiary/aromatic N) is 4. The fraction of sp³-hybridized carbons (Fsp3) is 0.211. The smallest absolute Gasteiger partial charge is 0.223 e.